The van der Waals surface area contributed by atoms with E-state index in [2.05, 4.69) is 15.4 Å². The molecule has 0 unspecified atom stereocenters. The second-order valence-electron chi connectivity index (χ2n) is 3.86. The van der Waals surface area contributed by atoms with E-state index < -0.39 is 0 Å². The van der Waals surface area contributed by atoms with Crippen LogP contribution in [0, 0.1) is 0 Å². The summed E-state index contributed by atoms with van der Waals surface area (Å²) in [5, 5.41) is 7.65. The summed E-state index contributed by atoms with van der Waals surface area (Å²) in [6, 6.07) is 2.02. The Morgan fingerprint density at radius 3 is 2.81 bits per heavy atom. The second kappa shape index (κ2) is 4.94. The number of hydrogen-bond acceptors (Lipinski definition) is 3. The number of rotatable bonds is 5. The quantitative estimate of drug-likeness (QED) is 0.744. The maximum atomic E-state index is 4.30. The molecule has 0 bridgehead atoms. The van der Waals surface area contributed by atoms with Crippen molar-refractivity contribution in [3.63, 3.8) is 0 Å². The summed E-state index contributed by atoms with van der Waals surface area (Å²) in [5.74, 6) is 1.11. The van der Waals surface area contributed by atoms with Gasteiger partial charge >= 0.3 is 0 Å². The SMILES string of the molecule is Cn1ccc(CNCCc2nccn2C)n1. The molecule has 0 saturated heterocycles. The molecule has 0 saturated carbocycles. The van der Waals surface area contributed by atoms with E-state index in [0.29, 0.717) is 0 Å². The minimum Gasteiger partial charge on any atom is -0.338 e. The molecule has 0 aliphatic heterocycles. The van der Waals surface area contributed by atoms with Crippen LogP contribution in [0.25, 0.3) is 0 Å². The van der Waals surface area contributed by atoms with Crippen LogP contribution in [0.15, 0.2) is 24.7 Å². The van der Waals surface area contributed by atoms with E-state index in [1.807, 2.05) is 48.0 Å². The lowest BCUT2D eigenvalue weighted by molar-refractivity contribution is 0.634. The van der Waals surface area contributed by atoms with Crippen molar-refractivity contribution >= 4 is 0 Å². The van der Waals surface area contributed by atoms with Crippen LogP contribution in [-0.2, 0) is 27.1 Å². The number of aryl methyl sites for hydroxylation is 2. The molecule has 0 amide bonds. The molecule has 1 N–H and O–H groups in total. The molecule has 86 valence electrons. The van der Waals surface area contributed by atoms with E-state index >= 15 is 0 Å². The molecule has 0 aliphatic rings. The van der Waals surface area contributed by atoms with Crippen LogP contribution in [0.2, 0.25) is 0 Å². The van der Waals surface area contributed by atoms with Gasteiger partial charge in [-0.05, 0) is 6.07 Å². The van der Waals surface area contributed by atoms with Gasteiger partial charge in [0.05, 0.1) is 5.69 Å². The lowest BCUT2D eigenvalue weighted by Gasteiger charge is -2.03. The Kier molecular flexibility index (Phi) is 3.36. The van der Waals surface area contributed by atoms with Gasteiger partial charge in [0.15, 0.2) is 0 Å². The largest absolute Gasteiger partial charge is 0.338 e. The first-order valence-corrected chi connectivity index (χ1v) is 5.41. The van der Waals surface area contributed by atoms with Crippen molar-refractivity contribution in [3.8, 4) is 0 Å². The highest BCUT2D eigenvalue weighted by Crippen LogP contribution is 1.96. The zero-order valence-corrected chi connectivity index (χ0v) is 9.72. The van der Waals surface area contributed by atoms with Crippen molar-refractivity contribution < 1.29 is 0 Å². The Labute approximate surface area is 95.1 Å². The fourth-order valence-electron chi connectivity index (χ4n) is 1.61. The Morgan fingerprint density at radius 2 is 2.19 bits per heavy atom. The second-order valence-corrected chi connectivity index (χ2v) is 3.86. The number of nitrogens with one attached hydrogen (secondary N) is 1. The maximum absolute atomic E-state index is 4.30. The van der Waals surface area contributed by atoms with Crippen LogP contribution in [0.5, 0.6) is 0 Å². The fraction of sp³-hybridized carbons (Fsp3) is 0.455. The minimum absolute atomic E-state index is 0.811. The predicted molar refractivity (Wildman–Crippen MR) is 61.8 cm³/mol. The van der Waals surface area contributed by atoms with Gasteiger partial charge in [-0.3, -0.25) is 4.68 Å². The normalized spacial score (nSPS) is 10.9. The van der Waals surface area contributed by atoms with Crippen LogP contribution in [0.1, 0.15) is 11.5 Å². The molecule has 0 radical (unpaired) electrons. The fourth-order valence-corrected chi connectivity index (χ4v) is 1.61. The van der Waals surface area contributed by atoms with Crippen molar-refractivity contribution in [2.75, 3.05) is 6.54 Å². The van der Waals surface area contributed by atoms with Gasteiger partial charge in [-0.2, -0.15) is 5.10 Å². The van der Waals surface area contributed by atoms with Crippen molar-refractivity contribution in [3.05, 3.63) is 36.2 Å². The highest BCUT2D eigenvalue weighted by molar-refractivity contribution is 4.98. The Hall–Kier alpha value is -1.62. The molecular formula is C11H17N5. The number of nitrogens with zero attached hydrogens (tertiary/aromatic N) is 4. The summed E-state index contributed by atoms with van der Waals surface area (Å²) in [5.41, 5.74) is 1.07. The average Bonchev–Trinajstić information content (AvgIpc) is 2.83. The highest BCUT2D eigenvalue weighted by Gasteiger charge is 1.99. The Morgan fingerprint density at radius 1 is 1.31 bits per heavy atom. The van der Waals surface area contributed by atoms with Gasteiger partial charge in [0.2, 0.25) is 0 Å². The van der Waals surface area contributed by atoms with Gasteiger partial charge in [-0.15, -0.1) is 0 Å². The maximum Gasteiger partial charge on any atom is 0.109 e. The van der Waals surface area contributed by atoms with E-state index in [4.69, 9.17) is 0 Å². The molecule has 5 heteroatoms. The number of aromatic nitrogens is 4. The molecule has 16 heavy (non-hydrogen) atoms. The topological polar surface area (TPSA) is 47.7 Å². The van der Waals surface area contributed by atoms with Crippen molar-refractivity contribution in [1.29, 1.82) is 0 Å². The van der Waals surface area contributed by atoms with Gasteiger partial charge in [0.25, 0.3) is 0 Å². The van der Waals surface area contributed by atoms with E-state index in [0.717, 1.165) is 31.0 Å². The lowest BCUT2D eigenvalue weighted by Crippen LogP contribution is -2.18. The average molecular weight is 219 g/mol. The summed E-state index contributed by atoms with van der Waals surface area (Å²) in [7, 11) is 3.94. The summed E-state index contributed by atoms with van der Waals surface area (Å²) < 4.78 is 3.86. The van der Waals surface area contributed by atoms with E-state index in [9.17, 15) is 0 Å². The Bertz CT molecular complexity index is 443. The number of imidazole rings is 1. The monoisotopic (exact) mass is 219 g/mol. The molecule has 0 atom stereocenters. The smallest absolute Gasteiger partial charge is 0.109 e. The zero-order valence-electron chi connectivity index (χ0n) is 9.72. The molecule has 2 aromatic heterocycles. The molecule has 2 rings (SSSR count). The molecule has 0 aliphatic carbocycles. The van der Waals surface area contributed by atoms with Crippen LogP contribution < -0.4 is 5.32 Å². The highest BCUT2D eigenvalue weighted by atomic mass is 15.3. The third-order valence-corrected chi connectivity index (χ3v) is 2.52. The summed E-state index contributed by atoms with van der Waals surface area (Å²) >= 11 is 0. The summed E-state index contributed by atoms with van der Waals surface area (Å²) in [6.07, 6.45) is 6.69. The zero-order chi connectivity index (χ0) is 11.4. The van der Waals surface area contributed by atoms with Crippen molar-refractivity contribution in [1.82, 2.24) is 24.6 Å². The number of hydrogen-bond donors (Lipinski definition) is 1. The molecule has 5 nitrogen and oxygen atoms in total. The first-order valence-electron chi connectivity index (χ1n) is 5.41. The molecular weight excluding hydrogens is 202 g/mol. The third-order valence-electron chi connectivity index (χ3n) is 2.52. The summed E-state index contributed by atoms with van der Waals surface area (Å²) in [6.45, 7) is 1.73. The summed E-state index contributed by atoms with van der Waals surface area (Å²) in [4.78, 5) is 4.27. The minimum atomic E-state index is 0.811. The van der Waals surface area contributed by atoms with Gasteiger partial charge in [0.1, 0.15) is 5.82 Å². The van der Waals surface area contributed by atoms with Crippen LogP contribution in [-0.4, -0.2) is 25.9 Å². The van der Waals surface area contributed by atoms with E-state index in [1.54, 1.807) is 0 Å². The molecule has 0 aromatic carbocycles. The van der Waals surface area contributed by atoms with Crippen molar-refractivity contribution in [2.24, 2.45) is 14.1 Å². The van der Waals surface area contributed by atoms with Gasteiger partial charge < -0.3 is 9.88 Å². The molecule has 0 fully saturated rings. The Balaban J connectivity index is 1.71. The molecule has 2 aromatic rings. The van der Waals surface area contributed by atoms with E-state index in [1.165, 1.54) is 0 Å². The third kappa shape index (κ3) is 2.70. The first-order chi connectivity index (χ1) is 7.75. The predicted octanol–water partition coefficient (Wildman–Crippen LogP) is 0.486. The molecule has 2 heterocycles. The van der Waals surface area contributed by atoms with Crippen LogP contribution >= 0.6 is 0 Å². The van der Waals surface area contributed by atoms with Gasteiger partial charge in [0, 0.05) is 52.2 Å². The first kappa shape index (κ1) is 10.9. The van der Waals surface area contributed by atoms with Crippen LogP contribution in [0.3, 0.4) is 0 Å². The van der Waals surface area contributed by atoms with Crippen molar-refractivity contribution in [2.45, 2.75) is 13.0 Å². The standard InChI is InChI=1S/C11H17N5/c1-15-8-6-13-11(15)3-5-12-9-10-4-7-16(2)14-10/h4,6-8,12H,3,5,9H2,1-2H3. The van der Waals surface area contributed by atoms with Gasteiger partial charge in [-0.1, -0.05) is 0 Å². The van der Waals surface area contributed by atoms with E-state index in [-0.39, 0.29) is 0 Å². The lowest BCUT2D eigenvalue weighted by atomic mass is 10.3. The van der Waals surface area contributed by atoms with Crippen LogP contribution in [0.4, 0.5) is 0 Å². The van der Waals surface area contributed by atoms with Gasteiger partial charge in [-0.25, -0.2) is 4.98 Å². The molecule has 0 spiro atoms.